The van der Waals surface area contributed by atoms with E-state index in [1.165, 1.54) is 12.7 Å². The summed E-state index contributed by atoms with van der Waals surface area (Å²) in [4.78, 5) is 2.52. The number of rotatable bonds is 1. The SMILES string of the molecule is CC(C)(C)N1CCN(S(C)(=O)=O)CC12CCC2. The van der Waals surface area contributed by atoms with Crippen molar-refractivity contribution in [3.8, 4) is 0 Å². The van der Waals surface area contributed by atoms with Gasteiger partial charge in [0.1, 0.15) is 0 Å². The lowest BCUT2D eigenvalue weighted by Gasteiger charge is -2.60. The Morgan fingerprint density at radius 1 is 1.12 bits per heavy atom. The van der Waals surface area contributed by atoms with E-state index in [-0.39, 0.29) is 11.1 Å². The maximum atomic E-state index is 11.7. The lowest BCUT2D eigenvalue weighted by atomic mass is 9.72. The second kappa shape index (κ2) is 3.93. The fourth-order valence-corrected chi connectivity index (χ4v) is 4.17. The van der Waals surface area contributed by atoms with E-state index in [1.807, 2.05) is 0 Å². The predicted molar refractivity (Wildman–Crippen MR) is 69.5 cm³/mol. The van der Waals surface area contributed by atoms with Crippen LogP contribution in [0, 0.1) is 0 Å². The van der Waals surface area contributed by atoms with Gasteiger partial charge in [-0.2, -0.15) is 4.31 Å². The Labute approximate surface area is 105 Å². The highest BCUT2D eigenvalue weighted by molar-refractivity contribution is 7.88. The van der Waals surface area contributed by atoms with E-state index in [0.29, 0.717) is 13.1 Å². The van der Waals surface area contributed by atoms with Gasteiger partial charge in [0, 0.05) is 30.7 Å². The maximum Gasteiger partial charge on any atom is 0.211 e. The van der Waals surface area contributed by atoms with Crippen molar-refractivity contribution in [3.63, 3.8) is 0 Å². The zero-order chi connectivity index (χ0) is 12.9. The number of hydrogen-bond acceptors (Lipinski definition) is 3. The highest BCUT2D eigenvalue weighted by Crippen LogP contribution is 2.44. The zero-order valence-corrected chi connectivity index (χ0v) is 12.2. The second-order valence-electron chi connectivity index (χ2n) is 6.50. The molecule has 0 atom stereocenters. The zero-order valence-electron chi connectivity index (χ0n) is 11.4. The van der Waals surface area contributed by atoms with Crippen LogP contribution in [-0.4, -0.2) is 54.6 Å². The molecule has 5 heteroatoms. The Morgan fingerprint density at radius 2 is 1.71 bits per heavy atom. The minimum Gasteiger partial charge on any atom is -0.290 e. The van der Waals surface area contributed by atoms with Crippen molar-refractivity contribution in [1.29, 1.82) is 0 Å². The van der Waals surface area contributed by atoms with Gasteiger partial charge < -0.3 is 0 Å². The van der Waals surface area contributed by atoms with Gasteiger partial charge in [-0.15, -0.1) is 0 Å². The Balaban J connectivity index is 2.22. The number of piperazine rings is 1. The van der Waals surface area contributed by atoms with Gasteiger partial charge in [-0.3, -0.25) is 4.90 Å². The average molecular weight is 260 g/mol. The van der Waals surface area contributed by atoms with Gasteiger partial charge in [0.25, 0.3) is 0 Å². The molecular formula is C12H24N2O2S. The van der Waals surface area contributed by atoms with Gasteiger partial charge in [0.2, 0.25) is 10.0 Å². The molecule has 1 aliphatic carbocycles. The number of sulfonamides is 1. The van der Waals surface area contributed by atoms with Crippen LogP contribution < -0.4 is 0 Å². The Kier molecular flexibility index (Phi) is 3.08. The maximum absolute atomic E-state index is 11.7. The first-order valence-electron chi connectivity index (χ1n) is 6.38. The molecule has 0 radical (unpaired) electrons. The molecule has 0 aromatic rings. The predicted octanol–water partition coefficient (Wildman–Crippen LogP) is 1.28. The van der Waals surface area contributed by atoms with Crippen LogP contribution in [0.3, 0.4) is 0 Å². The standard InChI is InChI=1S/C12H24N2O2S/c1-11(2,3)14-9-8-13(17(4,15)16)10-12(14)6-5-7-12/h5-10H2,1-4H3. The molecule has 100 valence electrons. The van der Waals surface area contributed by atoms with E-state index >= 15 is 0 Å². The first-order valence-corrected chi connectivity index (χ1v) is 8.23. The van der Waals surface area contributed by atoms with Crippen LogP contribution in [0.4, 0.5) is 0 Å². The largest absolute Gasteiger partial charge is 0.290 e. The molecule has 0 N–H and O–H groups in total. The van der Waals surface area contributed by atoms with Crippen LogP contribution in [-0.2, 0) is 10.0 Å². The molecule has 0 unspecified atom stereocenters. The lowest BCUT2D eigenvalue weighted by molar-refractivity contribution is -0.0813. The molecule has 1 heterocycles. The monoisotopic (exact) mass is 260 g/mol. The summed E-state index contributed by atoms with van der Waals surface area (Å²) in [6.45, 7) is 8.85. The molecule has 0 aromatic carbocycles. The minimum atomic E-state index is -3.04. The molecule has 2 fully saturated rings. The fraction of sp³-hybridized carbons (Fsp3) is 1.00. The summed E-state index contributed by atoms with van der Waals surface area (Å²) in [5.74, 6) is 0. The third-order valence-corrected chi connectivity index (χ3v) is 5.43. The van der Waals surface area contributed by atoms with E-state index in [2.05, 4.69) is 25.7 Å². The summed E-state index contributed by atoms with van der Waals surface area (Å²) >= 11 is 0. The van der Waals surface area contributed by atoms with Gasteiger partial charge in [0.15, 0.2) is 0 Å². The average Bonchev–Trinajstić information content (AvgIpc) is 2.11. The summed E-state index contributed by atoms with van der Waals surface area (Å²) in [6, 6.07) is 0. The molecule has 0 aromatic heterocycles. The van der Waals surface area contributed by atoms with Crippen molar-refractivity contribution in [2.24, 2.45) is 0 Å². The van der Waals surface area contributed by atoms with Gasteiger partial charge in [-0.1, -0.05) is 0 Å². The molecule has 1 saturated carbocycles. The topological polar surface area (TPSA) is 40.6 Å². The number of hydrogen-bond donors (Lipinski definition) is 0. The van der Waals surface area contributed by atoms with E-state index in [1.54, 1.807) is 4.31 Å². The summed E-state index contributed by atoms with van der Waals surface area (Å²) in [5, 5.41) is 0. The third kappa shape index (κ3) is 2.37. The van der Waals surface area contributed by atoms with Crippen LogP contribution >= 0.6 is 0 Å². The summed E-state index contributed by atoms with van der Waals surface area (Å²) in [7, 11) is -3.04. The van der Waals surface area contributed by atoms with Gasteiger partial charge in [-0.25, -0.2) is 8.42 Å². The van der Waals surface area contributed by atoms with Crippen LogP contribution in [0.1, 0.15) is 40.0 Å². The quantitative estimate of drug-likeness (QED) is 0.713. The van der Waals surface area contributed by atoms with Crippen LogP contribution in [0.5, 0.6) is 0 Å². The van der Waals surface area contributed by atoms with Crippen LogP contribution in [0.2, 0.25) is 0 Å². The first-order chi connectivity index (χ1) is 7.65. The molecule has 2 aliphatic rings. The van der Waals surface area contributed by atoms with Gasteiger partial charge in [0.05, 0.1) is 6.26 Å². The molecule has 1 saturated heterocycles. The van der Waals surface area contributed by atoms with Gasteiger partial charge >= 0.3 is 0 Å². The van der Waals surface area contributed by atoms with E-state index in [0.717, 1.165) is 19.4 Å². The Hall–Kier alpha value is -0.130. The summed E-state index contributed by atoms with van der Waals surface area (Å²) in [6.07, 6.45) is 4.82. The molecule has 0 bridgehead atoms. The smallest absolute Gasteiger partial charge is 0.211 e. The molecule has 2 rings (SSSR count). The molecule has 1 aliphatic heterocycles. The highest BCUT2D eigenvalue weighted by Gasteiger charge is 2.50. The molecular weight excluding hydrogens is 236 g/mol. The van der Waals surface area contributed by atoms with E-state index in [9.17, 15) is 8.42 Å². The highest BCUT2D eigenvalue weighted by atomic mass is 32.2. The molecule has 4 nitrogen and oxygen atoms in total. The molecule has 0 amide bonds. The normalized spacial score (nSPS) is 27.1. The van der Waals surface area contributed by atoms with Crippen LogP contribution in [0.15, 0.2) is 0 Å². The third-order valence-electron chi connectivity index (χ3n) is 4.18. The van der Waals surface area contributed by atoms with E-state index < -0.39 is 10.0 Å². The van der Waals surface area contributed by atoms with Crippen molar-refractivity contribution in [3.05, 3.63) is 0 Å². The minimum absolute atomic E-state index is 0.111. The number of nitrogens with zero attached hydrogens (tertiary/aromatic N) is 2. The van der Waals surface area contributed by atoms with E-state index in [4.69, 9.17) is 0 Å². The molecule has 17 heavy (non-hydrogen) atoms. The van der Waals surface area contributed by atoms with Crippen LogP contribution in [0.25, 0.3) is 0 Å². The van der Waals surface area contributed by atoms with Crippen molar-refractivity contribution in [2.75, 3.05) is 25.9 Å². The van der Waals surface area contributed by atoms with Gasteiger partial charge in [-0.05, 0) is 40.0 Å². The van der Waals surface area contributed by atoms with Crippen molar-refractivity contribution < 1.29 is 8.42 Å². The lowest BCUT2D eigenvalue weighted by Crippen LogP contribution is -2.70. The summed E-state index contributed by atoms with van der Waals surface area (Å²) < 4.78 is 25.0. The fourth-order valence-electron chi connectivity index (χ4n) is 3.28. The second-order valence-corrected chi connectivity index (χ2v) is 8.48. The molecule has 1 spiro atoms. The summed E-state index contributed by atoms with van der Waals surface area (Å²) in [5.41, 5.74) is 0.240. The van der Waals surface area contributed by atoms with Crippen molar-refractivity contribution in [2.45, 2.75) is 51.1 Å². The Bertz CT molecular complexity index is 393. The van der Waals surface area contributed by atoms with Crippen molar-refractivity contribution >= 4 is 10.0 Å². The Morgan fingerprint density at radius 3 is 2.06 bits per heavy atom. The van der Waals surface area contributed by atoms with Crippen molar-refractivity contribution in [1.82, 2.24) is 9.21 Å². The first kappa shape index (κ1) is 13.3.